The fraction of sp³-hybridized carbons (Fsp3) is 0.579. The van der Waals surface area contributed by atoms with Crippen molar-refractivity contribution >= 4 is 11.6 Å². The highest BCUT2D eigenvalue weighted by molar-refractivity contribution is 5.78. The highest BCUT2D eigenvalue weighted by Crippen LogP contribution is 2.23. The number of allylic oxidation sites excluding steroid dienone is 2. The number of carbonyl (C=O) groups is 1. The molecule has 0 bridgehead atoms. The Bertz CT molecular complexity index is 561. The van der Waals surface area contributed by atoms with Crippen LogP contribution < -0.4 is 10.2 Å². The van der Waals surface area contributed by atoms with E-state index in [1.54, 1.807) is 0 Å². The van der Waals surface area contributed by atoms with Crippen LogP contribution in [0.3, 0.4) is 0 Å². The summed E-state index contributed by atoms with van der Waals surface area (Å²) >= 11 is 0. The van der Waals surface area contributed by atoms with Crippen LogP contribution in [0.15, 0.2) is 30.5 Å². The summed E-state index contributed by atoms with van der Waals surface area (Å²) in [5.74, 6) is 1.05. The molecule has 1 N–H and O–H groups in total. The molecule has 0 radical (unpaired) electrons. The van der Waals surface area contributed by atoms with Crippen molar-refractivity contribution in [1.29, 1.82) is 0 Å². The van der Waals surface area contributed by atoms with Crippen LogP contribution in [0.5, 0.6) is 0 Å². The molecule has 23 heavy (non-hydrogen) atoms. The van der Waals surface area contributed by atoms with E-state index in [9.17, 15) is 4.79 Å². The molecule has 1 aromatic rings. The number of pyridine rings is 1. The van der Waals surface area contributed by atoms with E-state index in [2.05, 4.69) is 39.5 Å². The Hall–Kier alpha value is -1.84. The Morgan fingerprint density at radius 2 is 2.13 bits per heavy atom. The van der Waals surface area contributed by atoms with Gasteiger partial charge in [-0.1, -0.05) is 12.2 Å². The lowest BCUT2D eigenvalue weighted by Gasteiger charge is -2.34. The molecule has 0 saturated carbocycles. The molecule has 1 aliphatic carbocycles. The second-order valence-corrected chi connectivity index (χ2v) is 6.81. The molecule has 1 saturated heterocycles. The quantitative estimate of drug-likeness (QED) is 0.869. The first-order valence-corrected chi connectivity index (χ1v) is 8.82. The minimum absolute atomic E-state index is 0.194. The van der Waals surface area contributed by atoms with E-state index in [1.807, 2.05) is 13.1 Å². The van der Waals surface area contributed by atoms with Gasteiger partial charge in [0.15, 0.2) is 0 Å². The third-order valence-electron chi connectivity index (χ3n) is 5.06. The first kappa shape index (κ1) is 16.0. The van der Waals surface area contributed by atoms with E-state index in [0.717, 1.165) is 57.4 Å². The van der Waals surface area contributed by atoms with Crippen molar-refractivity contribution in [3.63, 3.8) is 0 Å². The summed E-state index contributed by atoms with van der Waals surface area (Å²) in [7, 11) is 0. The number of anilines is 1. The highest BCUT2D eigenvalue weighted by Gasteiger charge is 2.22. The number of piperidine rings is 1. The van der Waals surface area contributed by atoms with Crippen molar-refractivity contribution in [2.75, 3.05) is 24.5 Å². The number of nitrogens with zero attached hydrogens (tertiary/aromatic N) is 2. The van der Waals surface area contributed by atoms with Gasteiger partial charge in [-0.05, 0) is 57.1 Å². The molecule has 1 fully saturated rings. The maximum atomic E-state index is 12.2. The number of carbonyl (C=O) groups excluding carboxylic acids is 1. The third kappa shape index (κ3) is 4.34. The molecule has 4 heteroatoms. The van der Waals surface area contributed by atoms with Gasteiger partial charge in [-0.15, -0.1) is 0 Å². The summed E-state index contributed by atoms with van der Waals surface area (Å²) in [6, 6.07) is 4.24. The molecule has 0 aromatic carbocycles. The Balaban J connectivity index is 1.42. The molecular formula is C19H27N3O. The standard InChI is InChI=1S/C19H27N3O/c1-15-13-18(7-10-20-15)22-11-8-16(9-12-22)14-21-19(23)17-5-3-2-4-6-17/h2-3,7,10,13,16-17H,4-6,8-9,11-12,14H2,1H3,(H,21,23)/t17-/m0/s1. The molecule has 3 rings (SSSR count). The molecule has 1 atom stereocenters. The van der Waals surface area contributed by atoms with E-state index in [-0.39, 0.29) is 11.8 Å². The molecule has 1 amide bonds. The van der Waals surface area contributed by atoms with Crippen LogP contribution in [-0.4, -0.2) is 30.5 Å². The van der Waals surface area contributed by atoms with Gasteiger partial charge in [-0.25, -0.2) is 0 Å². The van der Waals surface area contributed by atoms with Gasteiger partial charge in [0.05, 0.1) is 0 Å². The first-order chi connectivity index (χ1) is 11.2. The van der Waals surface area contributed by atoms with Crippen molar-refractivity contribution in [3.8, 4) is 0 Å². The number of nitrogens with one attached hydrogen (secondary N) is 1. The van der Waals surface area contributed by atoms with Crippen molar-refractivity contribution < 1.29 is 4.79 Å². The topological polar surface area (TPSA) is 45.2 Å². The van der Waals surface area contributed by atoms with E-state index in [0.29, 0.717) is 5.92 Å². The predicted molar refractivity (Wildman–Crippen MR) is 93.4 cm³/mol. The third-order valence-corrected chi connectivity index (χ3v) is 5.06. The zero-order chi connectivity index (χ0) is 16.1. The van der Waals surface area contributed by atoms with Gasteiger partial charge in [-0.3, -0.25) is 9.78 Å². The predicted octanol–water partition coefficient (Wildman–Crippen LogP) is 3.08. The lowest BCUT2D eigenvalue weighted by atomic mass is 9.92. The van der Waals surface area contributed by atoms with Gasteiger partial charge < -0.3 is 10.2 Å². The second-order valence-electron chi connectivity index (χ2n) is 6.81. The summed E-state index contributed by atoms with van der Waals surface area (Å²) in [5, 5.41) is 3.18. The number of amides is 1. The second kappa shape index (κ2) is 7.62. The summed E-state index contributed by atoms with van der Waals surface area (Å²) in [4.78, 5) is 18.9. The number of aryl methyl sites for hydroxylation is 1. The van der Waals surface area contributed by atoms with Crippen LogP contribution in [0, 0.1) is 18.8 Å². The highest BCUT2D eigenvalue weighted by atomic mass is 16.1. The van der Waals surface area contributed by atoms with E-state index < -0.39 is 0 Å². The lowest BCUT2D eigenvalue weighted by molar-refractivity contribution is -0.125. The number of rotatable bonds is 4. The van der Waals surface area contributed by atoms with Gasteiger partial charge >= 0.3 is 0 Å². The van der Waals surface area contributed by atoms with Crippen LogP contribution in [0.2, 0.25) is 0 Å². The molecule has 2 aliphatic rings. The normalized spacial score (nSPS) is 22.1. The van der Waals surface area contributed by atoms with Crippen LogP contribution in [0.1, 0.15) is 37.8 Å². The summed E-state index contributed by atoms with van der Waals surface area (Å²) in [5.41, 5.74) is 2.34. The largest absolute Gasteiger partial charge is 0.371 e. The van der Waals surface area contributed by atoms with Gasteiger partial charge in [-0.2, -0.15) is 0 Å². The maximum absolute atomic E-state index is 12.2. The fourth-order valence-corrected chi connectivity index (χ4v) is 3.54. The molecule has 2 heterocycles. The Morgan fingerprint density at radius 3 is 2.83 bits per heavy atom. The average Bonchev–Trinajstić information content (AvgIpc) is 2.61. The monoisotopic (exact) mass is 313 g/mol. The minimum Gasteiger partial charge on any atom is -0.371 e. The zero-order valence-electron chi connectivity index (χ0n) is 14.0. The summed E-state index contributed by atoms with van der Waals surface area (Å²) < 4.78 is 0. The molecule has 1 aromatic heterocycles. The van der Waals surface area contributed by atoms with Crippen LogP contribution in [0.4, 0.5) is 5.69 Å². The Morgan fingerprint density at radius 1 is 1.30 bits per heavy atom. The molecule has 0 unspecified atom stereocenters. The van der Waals surface area contributed by atoms with Crippen LogP contribution in [-0.2, 0) is 4.79 Å². The van der Waals surface area contributed by atoms with Crippen molar-refractivity contribution in [2.24, 2.45) is 11.8 Å². The molecular weight excluding hydrogens is 286 g/mol. The van der Waals surface area contributed by atoms with Gasteiger partial charge in [0.2, 0.25) is 5.91 Å². The van der Waals surface area contributed by atoms with Gasteiger partial charge in [0.1, 0.15) is 0 Å². The van der Waals surface area contributed by atoms with E-state index >= 15 is 0 Å². The van der Waals surface area contributed by atoms with E-state index in [4.69, 9.17) is 0 Å². The van der Waals surface area contributed by atoms with Crippen molar-refractivity contribution in [3.05, 3.63) is 36.2 Å². The number of hydrogen-bond donors (Lipinski definition) is 1. The summed E-state index contributed by atoms with van der Waals surface area (Å²) in [6.07, 6.45) is 11.5. The molecule has 1 aliphatic heterocycles. The van der Waals surface area contributed by atoms with Crippen molar-refractivity contribution in [1.82, 2.24) is 10.3 Å². The fourth-order valence-electron chi connectivity index (χ4n) is 3.54. The molecule has 4 nitrogen and oxygen atoms in total. The Labute approximate surface area is 139 Å². The van der Waals surface area contributed by atoms with Gasteiger partial charge in [0, 0.05) is 43.1 Å². The molecule has 124 valence electrons. The number of aromatic nitrogens is 1. The smallest absolute Gasteiger partial charge is 0.223 e. The zero-order valence-corrected chi connectivity index (χ0v) is 14.0. The maximum Gasteiger partial charge on any atom is 0.223 e. The van der Waals surface area contributed by atoms with E-state index in [1.165, 1.54) is 5.69 Å². The summed E-state index contributed by atoms with van der Waals surface area (Å²) in [6.45, 7) is 5.00. The van der Waals surface area contributed by atoms with Crippen molar-refractivity contribution in [2.45, 2.75) is 39.0 Å². The number of hydrogen-bond acceptors (Lipinski definition) is 3. The SMILES string of the molecule is Cc1cc(N2CCC(CNC(=O)[C@H]3CC=CCC3)CC2)ccn1. The Kier molecular flexibility index (Phi) is 5.31. The lowest BCUT2D eigenvalue weighted by Crippen LogP contribution is -2.40. The molecule has 0 spiro atoms. The van der Waals surface area contributed by atoms with Crippen LogP contribution >= 0.6 is 0 Å². The first-order valence-electron chi connectivity index (χ1n) is 8.82. The van der Waals surface area contributed by atoms with Gasteiger partial charge in [0.25, 0.3) is 0 Å². The minimum atomic E-state index is 0.194. The average molecular weight is 313 g/mol. The van der Waals surface area contributed by atoms with Crippen LogP contribution in [0.25, 0.3) is 0 Å².